The Morgan fingerprint density at radius 2 is 1.15 bits per heavy atom. The van der Waals surface area contributed by atoms with Crippen molar-refractivity contribution in [3.05, 3.63) is 0 Å². The first-order valence-electron chi connectivity index (χ1n) is 12.7. The Kier molecular flexibility index (Phi) is 27.0. The van der Waals surface area contributed by atoms with Gasteiger partial charge in [-0.2, -0.15) is 8.42 Å². The maximum atomic E-state index is 11.6. The van der Waals surface area contributed by atoms with Crippen molar-refractivity contribution < 1.29 is 90.0 Å². The zero-order chi connectivity index (χ0) is 24.8. The van der Waals surface area contributed by atoms with Crippen LogP contribution in [0.1, 0.15) is 118 Å². The van der Waals surface area contributed by atoms with Crippen molar-refractivity contribution in [3.63, 3.8) is 0 Å². The van der Waals surface area contributed by atoms with Crippen LogP contribution in [0.2, 0.25) is 0 Å². The largest absolute Gasteiger partial charge is 1.00 e. The number of hydrogen-bond donors (Lipinski definition) is 2. The van der Waals surface area contributed by atoms with Crippen LogP contribution in [0, 0.1) is 0 Å². The predicted molar refractivity (Wildman–Crippen MR) is 130 cm³/mol. The van der Waals surface area contributed by atoms with Crippen LogP contribution in [0.3, 0.4) is 0 Å². The summed E-state index contributed by atoms with van der Waals surface area (Å²) >= 11 is 0. The number of carboxylic acids is 1. The van der Waals surface area contributed by atoms with Gasteiger partial charge in [-0.05, 0) is 6.42 Å². The van der Waals surface area contributed by atoms with E-state index >= 15 is 0 Å². The summed E-state index contributed by atoms with van der Waals surface area (Å²) in [6.07, 6.45) is 19.6. The molecule has 0 aliphatic carbocycles. The molecule has 0 aromatic heterocycles. The zero-order valence-electron chi connectivity index (χ0n) is 22.5. The van der Waals surface area contributed by atoms with E-state index in [0.717, 1.165) is 12.8 Å². The molecule has 0 bridgehead atoms. The average Bonchev–Trinajstić information content (AvgIpc) is 2.75. The molecule has 2 N–H and O–H groups in total. The summed E-state index contributed by atoms with van der Waals surface area (Å²) in [7, 11) is -4.83. The quantitative estimate of drug-likeness (QED) is 0.0837. The van der Waals surface area contributed by atoms with Crippen LogP contribution >= 0.6 is 0 Å². The second kappa shape index (κ2) is 25.1. The van der Waals surface area contributed by atoms with Gasteiger partial charge in [0.1, 0.15) is 6.61 Å². The second-order valence-corrected chi connectivity index (χ2v) is 10.3. The molecule has 1 unspecified atom stereocenters. The van der Waals surface area contributed by atoms with Gasteiger partial charge in [0.2, 0.25) is 0 Å². The van der Waals surface area contributed by atoms with E-state index in [1.807, 2.05) is 0 Å². The number of carbonyl (C=O) groups excluding carboxylic acids is 1. The van der Waals surface area contributed by atoms with Gasteiger partial charge < -0.3 is 16.0 Å². The molecule has 0 heterocycles. The number of hydrogen-bond acceptors (Lipinski definition) is 6. The fourth-order valence-corrected chi connectivity index (χ4v) is 4.28. The molecule has 0 aromatic rings. The number of carbonyl (C=O) groups is 2. The predicted octanol–water partition coefficient (Wildman–Crippen LogP) is 2.66. The SMILES string of the molecule is CCCCCCCCCCCCCCCCCCOCCOC(=O)C(CC(=O)O)S(=O)(=O)O.[H-].[K+]. The molecule has 0 fully saturated rings. The van der Waals surface area contributed by atoms with E-state index in [1.54, 1.807) is 0 Å². The second-order valence-electron chi connectivity index (χ2n) is 8.68. The molecular formula is C24H47KO8S. The fraction of sp³-hybridized carbons (Fsp3) is 0.917. The van der Waals surface area contributed by atoms with Crippen molar-refractivity contribution in [1.29, 1.82) is 0 Å². The smallest absolute Gasteiger partial charge is 1.00 e. The van der Waals surface area contributed by atoms with Gasteiger partial charge in [0.25, 0.3) is 10.1 Å². The number of unbranched alkanes of at least 4 members (excludes halogenated alkanes) is 15. The maximum absolute atomic E-state index is 11.6. The summed E-state index contributed by atoms with van der Waals surface area (Å²) in [4.78, 5) is 22.2. The Balaban J connectivity index is -0.00000512. The molecule has 0 aromatic carbocycles. The molecular weight excluding hydrogens is 487 g/mol. The molecule has 0 aliphatic rings. The molecule has 0 aliphatic heterocycles. The first kappa shape index (κ1) is 36.6. The van der Waals surface area contributed by atoms with Gasteiger partial charge in [-0.3, -0.25) is 14.1 Å². The standard InChI is InChI=1S/C24H46O8S.K.H/c1-2-3-4-5-6-7-8-9-10-11-12-13-14-15-16-17-18-31-19-20-32-24(27)22(21-23(25)26)33(28,29)30;;/h22H,2-21H2,1H3,(H,25,26)(H,28,29,30);;/q;+1;-1. The number of rotatable bonds is 24. The van der Waals surface area contributed by atoms with Crippen molar-refractivity contribution in [2.45, 2.75) is 121 Å². The third-order valence-corrected chi connectivity index (χ3v) is 6.67. The Bertz CT molecular complexity index is 604. The van der Waals surface area contributed by atoms with Crippen LogP contribution < -0.4 is 51.4 Å². The van der Waals surface area contributed by atoms with E-state index in [9.17, 15) is 18.0 Å². The van der Waals surface area contributed by atoms with E-state index in [0.29, 0.717) is 6.61 Å². The van der Waals surface area contributed by atoms with Gasteiger partial charge in [-0.25, -0.2) is 0 Å². The summed E-state index contributed by atoms with van der Waals surface area (Å²) in [6, 6.07) is 0. The van der Waals surface area contributed by atoms with E-state index in [-0.39, 0.29) is 66.0 Å². The molecule has 0 saturated heterocycles. The van der Waals surface area contributed by atoms with Crippen molar-refractivity contribution >= 4 is 22.1 Å². The molecule has 0 radical (unpaired) electrons. The van der Waals surface area contributed by atoms with Gasteiger partial charge >= 0.3 is 63.3 Å². The van der Waals surface area contributed by atoms with Crippen molar-refractivity contribution in [2.75, 3.05) is 19.8 Å². The Labute approximate surface area is 251 Å². The van der Waals surface area contributed by atoms with Crippen LogP contribution in [-0.2, 0) is 29.2 Å². The van der Waals surface area contributed by atoms with Crippen LogP contribution in [0.15, 0.2) is 0 Å². The molecule has 0 spiro atoms. The van der Waals surface area contributed by atoms with Gasteiger partial charge in [0.05, 0.1) is 13.0 Å². The maximum Gasteiger partial charge on any atom is 1.00 e. The van der Waals surface area contributed by atoms with Gasteiger partial charge in [-0.1, -0.05) is 103 Å². The number of carboxylic acid groups (broad SMARTS) is 1. The van der Waals surface area contributed by atoms with E-state index in [2.05, 4.69) is 6.92 Å². The Morgan fingerprint density at radius 3 is 1.53 bits per heavy atom. The third kappa shape index (κ3) is 24.2. The van der Waals surface area contributed by atoms with Crippen LogP contribution in [-0.4, -0.2) is 55.1 Å². The van der Waals surface area contributed by atoms with E-state index in [1.165, 1.54) is 89.9 Å². The minimum Gasteiger partial charge on any atom is -1.00 e. The molecule has 8 nitrogen and oxygen atoms in total. The average molecular weight is 535 g/mol. The molecule has 1 atom stereocenters. The first-order valence-corrected chi connectivity index (χ1v) is 14.2. The molecule has 34 heavy (non-hydrogen) atoms. The van der Waals surface area contributed by atoms with Crippen LogP contribution in [0.25, 0.3) is 0 Å². The third-order valence-electron chi connectivity index (χ3n) is 5.60. The first-order chi connectivity index (χ1) is 15.8. The normalized spacial score (nSPS) is 12.2. The minimum atomic E-state index is -4.83. The summed E-state index contributed by atoms with van der Waals surface area (Å²) in [6.45, 7) is 2.68. The summed E-state index contributed by atoms with van der Waals surface area (Å²) < 4.78 is 41.1. The van der Waals surface area contributed by atoms with Gasteiger partial charge in [0.15, 0.2) is 5.25 Å². The van der Waals surface area contributed by atoms with Gasteiger partial charge in [-0.15, -0.1) is 0 Å². The Morgan fingerprint density at radius 1 is 0.735 bits per heavy atom. The van der Waals surface area contributed by atoms with Crippen molar-refractivity contribution in [1.82, 2.24) is 0 Å². The number of ether oxygens (including phenoxy) is 2. The number of aliphatic carboxylic acids is 1. The van der Waals surface area contributed by atoms with Gasteiger partial charge in [0, 0.05) is 6.61 Å². The molecule has 0 saturated carbocycles. The topological polar surface area (TPSA) is 127 Å². The fourth-order valence-electron chi connectivity index (χ4n) is 3.62. The summed E-state index contributed by atoms with van der Waals surface area (Å²) in [5, 5.41) is 6.51. The molecule has 0 amide bonds. The zero-order valence-corrected chi connectivity index (χ0v) is 25.4. The summed E-state index contributed by atoms with van der Waals surface area (Å²) in [5.74, 6) is -2.81. The molecule has 0 rings (SSSR count). The van der Waals surface area contributed by atoms with Crippen molar-refractivity contribution in [2.24, 2.45) is 0 Å². The number of esters is 1. The Hall–Kier alpha value is 0.446. The molecule has 10 heteroatoms. The molecule has 198 valence electrons. The van der Waals surface area contributed by atoms with Crippen LogP contribution in [0.4, 0.5) is 0 Å². The van der Waals surface area contributed by atoms with E-state index in [4.69, 9.17) is 19.1 Å². The summed E-state index contributed by atoms with van der Waals surface area (Å²) in [5.41, 5.74) is 0. The van der Waals surface area contributed by atoms with Crippen LogP contribution in [0.5, 0.6) is 0 Å². The minimum absolute atomic E-state index is 0. The van der Waals surface area contributed by atoms with Crippen molar-refractivity contribution in [3.8, 4) is 0 Å². The monoisotopic (exact) mass is 534 g/mol. The van der Waals surface area contributed by atoms with E-state index < -0.39 is 33.7 Å².